The lowest BCUT2D eigenvalue weighted by Crippen LogP contribution is -1.99. The van der Waals surface area contributed by atoms with Gasteiger partial charge in [0.05, 0.1) is 11.0 Å². The third kappa shape index (κ3) is 5.11. The number of rotatable bonds is 6. The summed E-state index contributed by atoms with van der Waals surface area (Å²) in [5.41, 5.74) is 10.3. The molecule has 0 saturated heterocycles. The van der Waals surface area contributed by atoms with Crippen molar-refractivity contribution in [2.24, 2.45) is 0 Å². The van der Waals surface area contributed by atoms with E-state index in [0.29, 0.717) is 0 Å². The molecule has 10 rings (SSSR count). The molecule has 240 valence electrons. The molecular weight excluding hydrogens is 657 g/mol. The predicted molar refractivity (Wildman–Crippen MR) is 219 cm³/mol. The van der Waals surface area contributed by atoms with Gasteiger partial charge in [0.25, 0.3) is 0 Å². The van der Waals surface area contributed by atoms with Gasteiger partial charge in [0.15, 0.2) is 0 Å². The second-order valence-corrected chi connectivity index (χ2v) is 14.8. The third-order valence-corrected chi connectivity index (χ3v) is 11.8. The first kappa shape index (κ1) is 29.8. The minimum atomic E-state index is 0.929. The highest BCUT2D eigenvalue weighted by atomic mass is 32.1. The summed E-state index contributed by atoms with van der Waals surface area (Å²) in [6.45, 7) is 0. The molecule has 0 saturated carbocycles. The molecule has 0 aliphatic heterocycles. The average molecular weight is 687 g/mol. The average Bonchev–Trinajstić information content (AvgIpc) is 3.98. The maximum atomic E-state index is 5.70. The van der Waals surface area contributed by atoms with E-state index in [2.05, 4.69) is 186 Å². The van der Waals surface area contributed by atoms with Gasteiger partial charge in [-0.25, -0.2) is 4.98 Å². The number of aromatic nitrogens is 2. The van der Waals surface area contributed by atoms with Gasteiger partial charge < -0.3 is 0 Å². The smallest absolute Gasteiger partial charge is 0.145 e. The van der Waals surface area contributed by atoms with Gasteiger partial charge in [-0.05, 0) is 80.0 Å². The maximum Gasteiger partial charge on any atom is 0.145 e. The van der Waals surface area contributed by atoms with Crippen LogP contribution in [0.4, 0.5) is 0 Å². The van der Waals surface area contributed by atoms with Crippen LogP contribution in [0, 0.1) is 0 Å². The molecule has 3 aromatic heterocycles. The van der Waals surface area contributed by atoms with Crippen molar-refractivity contribution in [1.29, 1.82) is 0 Å². The van der Waals surface area contributed by atoms with Crippen molar-refractivity contribution in [2.45, 2.75) is 0 Å². The minimum Gasteiger partial charge on any atom is -0.292 e. The summed E-state index contributed by atoms with van der Waals surface area (Å²) >= 11 is 3.63. The van der Waals surface area contributed by atoms with Crippen LogP contribution < -0.4 is 0 Å². The molecule has 4 heteroatoms. The Bertz CT molecular complexity index is 2840. The van der Waals surface area contributed by atoms with Crippen molar-refractivity contribution < 1.29 is 0 Å². The molecule has 7 aromatic carbocycles. The molecule has 0 radical (unpaired) electrons. The molecule has 0 aliphatic carbocycles. The highest BCUT2D eigenvalue weighted by Gasteiger charge is 2.26. The molecule has 0 bridgehead atoms. The van der Waals surface area contributed by atoms with Crippen LogP contribution >= 0.6 is 22.7 Å². The Hall–Kier alpha value is -6.07. The Labute approximate surface area is 304 Å². The summed E-state index contributed by atoms with van der Waals surface area (Å²) in [5.74, 6) is 0.929. The first-order valence-electron chi connectivity index (χ1n) is 17.1. The van der Waals surface area contributed by atoms with E-state index in [9.17, 15) is 0 Å². The molecule has 0 amide bonds. The number of imidazole rings is 1. The Kier molecular flexibility index (Phi) is 7.23. The van der Waals surface area contributed by atoms with E-state index in [1.54, 1.807) is 11.3 Å². The van der Waals surface area contributed by atoms with Gasteiger partial charge in [0.1, 0.15) is 5.82 Å². The lowest BCUT2D eigenvalue weighted by molar-refractivity contribution is 1.10. The number of hydrogen-bond acceptors (Lipinski definition) is 3. The molecule has 0 atom stereocenters. The molecule has 0 N–H and O–H groups in total. The van der Waals surface area contributed by atoms with Crippen molar-refractivity contribution in [3.8, 4) is 59.5 Å². The molecule has 0 unspecified atom stereocenters. The normalized spacial score (nSPS) is 11.5. The Morgan fingerprint density at radius 1 is 0.431 bits per heavy atom. The predicted octanol–water partition coefficient (Wildman–Crippen LogP) is 13.8. The zero-order valence-electron chi connectivity index (χ0n) is 27.5. The first-order valence-corrected chi connectivity index (χ1v) is 18.8. The van der Waals surface area contributed by atoms with E-state index in [0.717, 1.165) is 28.1 Å². The number of para-hydroxylation sites is 1. The summed E-state index contributed by atoms with van der Waals surface area (Å²) in [7, 11) is 0. The second-order valence-electron chi connectivity index (χ2n) is 12.8. The first-order chi connectivity index (χ1) is 25.3. The number of fused-ring (bicyclic) bond motifs is 3. The molecule has 10 aromatic rings. The van der Waals surface area contributed by atoms with Crippen LogP contribution in [0.3, 0.4) is 0 Å². The highest BCUT2D eigenvalue weighted by Crippen LogP contribution is 2.49. The molecule has 3 heterocycles. The fraction of sp³-hybridized carbons (Fsp3) is 0. The number of thiophene rings is 2. The van der Waals surface area contributed by atoms with Gasteiger partial charge in [-0.15, -0.1) is 22.7 Å². The van der Waals surface area contributed by atoms with Gasteiger partial charge in [0, 0.05) is 37.0 Å². The summed E-state index contributed by atoms with van der Waals surface area (Å²) < 4.78 is 2.40. The van der Waals surface area contributed by atoms with Crippen molar-refractivity contribution in [1.82, 2.24) is 9.55 Å². The second kappa shape index (κ2) is 12.4. The number of hydrogen-bond donors (Lipinski definition) is 0. The van der Waals surface area contributed by atoms with Gasteiger partial charge >= 0.3 is 0 Å². The van der Waals surface area contributed by atoms with Crippen LogP contribution in [0.25, 0.3) is 92.1 Å². The summed E-state index contributed by atoms with van der Waals surface area (Å²) in [5, 5.41) is 7.16. The monoisotopic (exact) mass is 686 g/mol. The third-order valence-electron chi connectivity index (χ3n) is 9.70. The van der Waals surface area contributed by atoms with Crippen LogP contribution in [-0.2, 0) is 0 Å². The zero-order chi connectivity index (χ0) is 33.7. The molecule has 0 aliphatic rings. The molecule has 2 nitrogen and oxygen atoms in total. The standard InChI is InChI=1S/C47H30N2S2/c1-4-15-32(16-5-1)40-26-27-41(51-40)44-39-23-13-12-22-38(39)43(36-29-42(50-30-36)33-17-6-2-7-18-33)46-45(44)48-47(49(46)37-20-8-3-9-21-37)35-25-24-31-14-10-11-19-34(31)28-35/h1-30H. The van der Waals surface area contributed by atoms with Crippen LogP contribution in [-0.4, -0.2) is 9.55 Å². The Morgan fingerprint density at radius 2 is 1.04 bits per heavy atom. The minimum absolute atomic E-state index is 0.929. The van der Waals surface area contributed by atoms with Gasteiger partial charge in [-0.1, -0.05) is 140 Å². The van der Waals surface area contributed by atoms with E-state index < -0.39 is 0 Å². The summed E-state index contributed by atoms with van der Waals surface area (Å²) in [4.78, 5) is 9.40. The molecule has 0 spiro atoms. The molecule has 51 heavy (non-hydrogen) atoms. The number of nitrogens with zero attached hydrogens (tertiary/aromatic N) is 2. The summed E-state index contributed by atoms with van der Waals surface area (Å²) in [6.07, 6.45) is 0. The van der Waals surface area contributed by atoms with Crippen molar-refractivity contribution in [3.63, 3.8) is 0 Å². The van der Waals surface area contributed by atoms with Gasteiger partial charge in [0.2, 0.25) is 0 Å². The van der Waals surface area contributed by atoms with Crippen molar-refractivity contribution >= 4 is 55.3 Å². The van der Waals surface area contributed by atoms with E-state index in [4.69, 9.17) is 4.98 Å². The molecule has 0 fully saturated rings. The van der Waals surface area contributed by atoms with E-state index >= 15 is 0 Å². The lowest BCUT2D eigenvalue weighted by Gasteiger charge is -2.16. The number of benzene rings is 7. The fourth-order valence-electron chi connectivity index (χ4n) is 7.34. The quantitative estimate of drug-likeness (QED) is 0.170. The van der Waals surface area contributed by atoms with Gasteiger partial charge in [-0.2, -0.15) is 0 Å². The van der Waals surface area contributed by atoms with E-state index in [1.807, 2.05) is 11.3 Å². The van der Waals surface area contributed by atoms with E-state index in [1.165, 1.54) is 64.0 Å². The fourth-order valence-corrected chi connectivity index (χ4v) is 9.32. The molecular formula is C47H30N2S2. The van der Waals surface area contributed by atoms with E-state index in [-0.39, 0.29) is 0 Å². The topological polar surface area (TPSA) is 17.8 Å². The SMILES string of the molecule is c1ccc(-c2cc(-c3c4ccccc4c(-c4ccc(-c5ccccc5)s4)c4nc(-c5ccc6ccccc6c5)n(-c5ccccc5)c34)cs2)cc1. The summed E-state index contributed by atoms with van der Waals surface area (Å²) in [6, 6.07) is 63.2. The van der Waals surface area contributed by atoms with Crippen LogP contribution in [0.5, 0.6) is 0 Å². The van der Waals surface area contributed by atoms with Gasteiger partial charge in [-0.3, -0.25) is 4.57 Å². The highest BCUT2D eigenvalue weighted by molar-refractivity contribution is 7.19. The van der Waals surface area contributed by atoms with Crippen LogP contribution in [0.15, 0.2) is 181 Å². The van der Waals surface area contributed by atoms with Crippen molar-refractivity contribution in [2.75, 3.05) is 0 Å². The maximum absolute atomic E-state index is 5.70. The lowest BCUT2D eigenvalue weighted by atomic mass is 9.93. The van der Waals surface area contributed by atoms with Crippen molar-refractivity contribution in [3.05, 3.63) is 181 Å². The van der Waals surface area contributed by atoms with Crippen LogP contribution in [0.1, 0.15) is 0 Å². The Morgan fingerprint density at radius 3 is 1.78 bits per heavy atom. The Balaban J connectivity index is 1.35. The zero-order valence-corrected chi connectivity index (χ0v) is 29.2. The van der Waals surface area contributed by atoms with Crippen LogP contribution in [0.2, 0.25) is 0 Å². The largest absolute Gasteiger partial charge is 0.292 e.